The summed E-state index contributed by atoms with van der Waals surface area (Å²) in [5, 5.41) is 2.92. The standard InChI is InChI=1S/C25H37N5O5/c1-2-24(31)30(17-21-7-4-13-34-21)16-20-6-3-10-29(20)18-23-27-22(19-35-23)25(32)26-8-5-9-28-11-14-33-15-12-28/h3,6,10,19,21H,2,4-5,7-9,11-18H2,1H3,(H,26,32). The summed E-state index contributed by atoms with van der Waals surface area (Å²) in [6, 6.07) is 3.94. The minimum atomic E-state index is -0.231. The first kappa shape index (κ1) is 25.4. The number of nitrogens with one attached hydrogen (secondary N) is 1. The van der Waals surface area contributed by atoms with Crippen LogP contribution in [0.15, 0.2) is 29.0 Å². The van der Waals surface area contributed by atoms with Crippen molar-refractivity contribution in [1.82, 2.24) is 24.7 Å². The Morgan fingerprint density at radius 2 is 2.11 bits per heavy atom. The van der Waals surface area contributed by atoms with Crippen LogP contribution in [0, 0.1) is 0 Å². The molecule has 35 heavy (non-hydrogen) atoms. The van der Waals surface area contributed by atoms with Crippen LogP contribution in [0.4, 0.5) is 0 Å². The van der Waals surface area contributed by atoms with Crippen molar-refractivity contribution in [3.63, 3.8) is 0 Å². The lowest BCUT2D eigenvalue weighted by Gasteiger charge is -2.26. The summed E-state index contributed by atoms with van der Waals surface area (Å²) in [4.78, 5) is 33.6. The van der Waals surface area contributed by atoms with Gasteiger partial charge in [0, 0.05) is 51.1 Å². The Bertz CT molecular complexity index is 946. The fourth-order valence-electron chi connectivity index (χ4n) is 4.51. The minimum absolute atomic E-state index is 0.107. The molecular weight excluding hydrogens is 450 g/mol. The largest absolute Gasteiger partial charge is 0.446 e. The highest BCUT2D eigenvalue weighted by Gasteiger charge is 2.23. The topological polar surface area (TPSA) is 102 Å². The van der Waals surface area contributed by atoms with E-state index in [9.17, 15) is 9.59 Å². The highest BCUT2D eigenvalue weighted by atomic mass is 16.5. The number of amides is 2. The van der Waals surface area contributed by atoms with Crippen molar-refractivity contribution in [3.8, 4) is 0 Å². The Hall–Kier alpha value is -2.69. The van der Waals surface area contributed by atoms with Crippen molar-refractivity contribution in [2.24, 2.45) is 0 Å². The van der Waals surface area contributed by atoms with Gasteiger partial charge in [-0.3, -0.25) is 14.5 Å². The third-order valence-electron chi connectivity index (χ3n) is 6.51. The maximum absolute atomic E-state index is 12.5. The van der Waals surface area contributed by atoms with E-state index in [-0.39, 0.29) is 23.6 Å². The Kier molecular flexibility index (Phi) is 9.33. The number of hydrogen-bond donors (Lipinski definition) is 1. The van der Waals surface area contributed by atoms with Crippen LogP contribution in [0.2, 0.25) is 0 Å². The molecule has 2 fully saturated rings. The van der Waals surface area contributed by atoms with Gasteiger partial charge in [-0.15, -0.1) is 0 Å². The van der Waals surface area contributed by atoms with Crippen LogP contribution >= 0.6 is 0 Å². The van der Waals surface area contributed by atoms with E-state index in [1.807, 2.05) is 34.7 Å². The van der Waals surface area contributed by atoms with E-state index in [4.69, 9.17) is 13.9 Å². The third kappa shape index (κ3) is 7.39. The molecule has 2 aromatic heterocycles. The van der Waals surface area contributed by atoms with E-state index in [0.29, 0.717) is 38.5 Å². The molecule has 192 valence electrons. The average Bonchev–Trinajstić information content (AvgIpc) is 3.65. The monoisotopic (exact) mass is 487 g/mol. The lowest BCUT2D eigenvalue weighted by Crippen LogP contribution is -2.38. The first-order chi connectivity index (χ1) is 17.1. The summed E-state index contributed by atoms with van der Waals surface area (Å²) in [5.41, 5.74) is 1.26. The summed E-state index contributed by atoms with van der Waals surface area (Å²) in [6.45, 7) is 9.11. The number of nitrogens with zero attached hydrogens (tertiary/aromatic N) is 4. The smallest absolute Gasteiger partial charge is 0.273 e. The van der Waals surface area contributed by atoms with Crippen LogP contribution in [-0.2, 0) is 27.4 Å². The Morgan fingerprint density at radius 3 is 2.89 bits per heavy atom. The van der Waals surface area contributed by atoms with Crippen molar-refractivity contribution in [2.75, 3.05) is 52.5 Å². The van der Waals surface area contributed by atoms with Gasteiger partial charge in [-0.05, 0) is 37.9 Å². The molecule has 4 rings (SSSR count). The molecule has 2 aliphatic heterocycles. The Morgan fingerprint density at radius 1 is 1.26 bits per heavy atom. The van der Waals surface area contributed by atoms with Crippen LogP contribution in [0.1, 0.15) is 54.7 Å². The zero-order valence-electron chi connectivity index (χ0n) is 20.6. The second-order valence-corrected chi connectivity index (χ2v) is 9.08. The molecular formula is C25H37N5O5. The van der Waals surface area contributed by atoms with Gasteiger partial charge in [0.15, 0.2) is 5.69 Å². The zero-order valence-corrected chi connectivity index (χ0v) is 20.6. The number of morpholine rings is 1. The quantitative estimate of drug-likeness (QED) is 0.456. The number of oxazole rings is 1. The van der Waals surface area contributed by atoms with E-state index in [0.717, 1.165) is 64.4 Å². The van der Waals surface area contributed by atoms with Gasteiger partial charge in [0.25, 0.3) is 5.91 Å². The summed E-state index contributed by atoms with van der Waals surface area (Å²) < 4.78 is 18.7. The van der Waals surface area contributed by atoms with E-state index < -0.39 is 0 Å². The minimum Gasteiger partial charge on any atom is -0.446 e. The second kappa shape index (κ2) is 12.9. The molecule has 0 aliphatic carbocycles. The summed E-state index contributed by atoms with van der Waals surface area (Å²) >= 11 is 0. The first-order valence-corrected chi connectivity index (χ1v) is 12.7. The van der Waals surface area contributed by atoms with Gasteiger partial charge in [0.05, 0.1) is 32.4 Å². The van der Waals surface area contributed by atoms with Gasteiger partial charge in [0.2, 0.25) is 11.8 Å². The van der Waals surface area contributed by atoms with Gasteiger partial charge in [-0.2, -0.15) is 0 Å². The molecule has 0 radical (unpaired) electrons. The molecule has 2 aromatic rings. The number of hydrogen-bond acceptors (Lipinski definition) is 7. The average molecular weight is 488 g/mol. The second-order valence-electron chi connectivity index (χ2n) is 9.08. The van der Waals surface area contributed by atoms with Crippen molar-refractivity contribution >= 4 is 11.8 Å². The fraction of sp³-hybridized carbons (Fsp3) is 0.640. The molecule has 0 bridgehead atoms. The van der Waals surface area contributed by atoms with Crippen molar-refractivity contribution in [1.29, 1.82) is 0 Å². The van der Waals surface area contributed by atoms with Gasteiger partial charge in [-0.25, -0.2) is 4.98 Å². The van der Waals surface area contributed by atoms with Crippen LogP contribution in [0.3, 0.4) is 0 Å². The van der Waals surface area contributed by atoms with Crippen molar-refractivity contribution < 1.29 is 23.5 Å². The maximum atomic E-state index is 12.5. The van der Waals surface area contributed by atoms with Gasteiger partial charge >= 0.3 is 0 Å². The normalized spacial score (nSPS) is 18.6. The Labute approximate surface area is 206 Å². The Balaban J connectivity index is 1.27. The molecule has 4 heterocycles. The number of carbonyl (C=O) groups is 2. The first-order valence-electron chi connectivity index (χ1n) is 12.7. The van der Waals surface area contributed by atoms with Crippen molar-refractivity contribution in [2.45, 2.75) is 51.8 Å². The molecule has 2 amide bonds. The molecule has 0 saturated carbocycles. The number of aromatic nitrogens is 2. The number of rotatable bonds is 12. The van der Waals surface area contributed by atoms with Gasteiger partial charge < -0.3 is 28.7 Å². The highest BCUT2D eigenvalue weighted by molar-refractivity contribution is 5.91. The summed E-state index contributed by atoms with van der Waals surface area (Å²) in [6.07, 6.45) is 6.81. The van der Waals surface area contributed by atoms with E-state index in [1.54, 1.807) is 0 Å². The molecule has 0 spiro atoms. The lowest BCUT2D eigenvalue weighted by atomic mass is 10.2. The number of ether oxygens (including phenoxy) is 2. The molecule has 10 heteroatoms. The zero-order chi connectivity index (χ0) is 24.5. The lowest BCUT2D eigenvalue weighted by molar-refractivity contribution is -0.133. The molecule has 1 atom stereocenters. The predicted octanol–water partition coefficient (Wildman–Crippen LogP) is 1.89. The molecule has 10 nitrogen and oxygen atoms in total. The molecule has 0 aromatic carbocycles. The van der Waals surface area contributed by atoms with Crippen LogP contribution < -0.4 is 5.32 Å². The SMILES string of the molecule is CCC(=O)N(Cc1cccn1Cc1nc(C(=O)NCCCN2CCOCC2)co1)CC1CCCO1. The van der Waals surface area contributed by atoms with Gasteiger partial charge in [-0.1, -0.05) is 6.92 Å². The molecule has 1 N–H and O–H groups in total. The predicted molar refractivity (Wildman–Crippen MR) is 129 cm³/mol. The summed E-state index contributed by atoms with van der Waals surface area (Å²) in [5.74, 6) is 0.330. The van der Waals surface area contributed by atoms with Gasteiger partial charge in [0.1, 0.15) is 6.26 Å². The van der Waals surface area contributed by atoms with Crippen molar-refractivity contribution in [3.05, 3.63) is 41.9 Å². The molecule has 2 saturated heterocycles. The van der Waals surface area contributed by atoms with E-state index >= 15 is 0 Å². The third-order valence-corrected chi connectivity index (χ3v) is 6.51. The maximum Gasteiger partial charge on any atom is 0.273 e. The summed E-state index contributed by atoms with van der Waals surface area (Å²) in [7, 11) is 0. The molecule has 1 unspecified atom stereocenters. The van der Waals surface area contributed by atoms with Crippen LogP contribution in [-0.4, -0.2) is 89.8 Å². The van der Waals surface area contributed by atoms with Crippen LogP contribution in [0.25, 0.3) is 0 Å². The molecule has 2 aliphatic rings. The number of carbonyl (C=O) groups excluding carboxylic acids is 2. The highest BCUT2D eigenvalue weighted by Crippen LogP contribution is 2.17. The van der Waals surface area contributed by atoms with E-state index in [1.165, 1.54) is 6.26 Å². The van der Waals surface area contributed by atoms with Crippen LogP contribution in [0.5, 0.6) is 0 Å². The van der Waals surface area contributed by atoms with E-state index in [2.05, 4.69) is 15.2 Å². The fourth-order valence-corrected chi connectivity index (χ4v) is 4.51.